The van der Waals surface area contributed by atoms with Crippen molar-refractivity contribution < 1.29 is 18.0 Å². The molecule has 0 radical (unpaired) electrons. The number of halogens is 4. The SMILES string of the molecule is Cc1ccc(NC(=O)c2ccc(Cl)c(C(F)(F)F)c2)cc1N=O.Cc1cnc(Nc2ccccn2)s1. The highest BCUT2D eigenvalue weighted by Gasteiger charge is 2.33. The number of anilines is 3. The third-order valence-corrected chi connectivity index (χ3v) is 5.78. The van der Waals surface area contributed by atoms with Crippen molar-refractivity contribution in [2.45, 2.75) is 20.0 Å². The Labute approximate surface area is 213 Å². The number of pyridine rings is 1. The molecule has 1 amide bonds. The number of amides is 1. The third-order valence-electron chi connectivity index (χ3n) is 4.62. The van der Waals surface area contributed by atoms with E-state index in [0.29, 0.717) is 11.6 Å². The maximum atomic E-state index is 12.8. The highest BCUT2D eigenvalue weighted by Crippen LogP contribution is 2.35. The number of rotatable bonds is 5. The first-order chi connectivity index (χ1) is 17.1. The zero-order valence-corrected chi connectivity index (χ0v) is 20.5. The molecule has 0 spiro atoms. The average molecular weight is 534 g/mol. The number of nitrogens with zero attached hydrogens (tertiary/aromatic N) is 3. The van der Waals surface area contributed by atoms with E-state index in [1.54, 1.807) is 30.5 Å². The third kappa shape index (κ3) is 7.33. The Bertz CT molecular complexity index is 1360. The van der Waals surface area contributed by atoms with Crippen LogP contribution in [0.15, 0.2) is 72.2 Å². The first-order valence-corrected chi connectivity index (χ1v) is 11.5. The summed E-state index contributed by atoms with van der Waals surface area (Å²) in [5, 5.41) is 8.73. The Morgan fingerprint density at radius 1 is 1.06 bits per heavy atom. The van der Waals surface area contributed by atoms with Crippen LogP contribution in [0.4, 0.5) is 35.5 Å². The molecule has 0 saturated carbocycles. The zero-order chi connectivity index (χ0) is 26.3. The number of carbonyl (C=O) groups is 1. The Morgan fingerprint density at radius 3 is 2.44 bits per heavy atom. The second kappa shape index (κ2) is 11.7. The van der Waals surface area contributed by atoms with Crippen LogP contribution in [0.1, 0.15) is 26.4 Å². The lowest BCUT2D eigenvalue weighted by Crippen LogP contribution is -2.14. The molecule has 0 aliphatic rings. The molecule has 12 heteroatoms. The molecule has 0 unspecified atom stereocenters. The standard InChI is InChI=1S/C15H10ClF3N2O2.C9H9N3S/c1-8-2-4-10(7-13(8)21-23)20-14(22)9-3-5-12(16)11(6-9)15(17,18)19;1-7-6-11-9(13-7)12-8-4-2-3-5-10-8/h2-7H,1H3,(H,20,22);2-6H,1H3,(H,10,11,12). The average Bonchev–Trinajstić information content (AvgIpc) is 3.25. The van der Waals surface area contributed by atoms with Gasteiger partial charge in [0.2, 0.25) is 0 Å². The van der Waals surface area contributed by atoms with Gasteiger partial charge in [0.15, 0.2) is 5.13 Å². The largest absolute Gasteiger partial charge is 0.417 e. The predicted octanol–water partition coefficient (Wildman–Crippen LogP) is 7.91. The van der Waals surface area contributed by atoms with Gasteiger partial charge in [0.05, 0.1) is 10.6 Å². The molecule has 7 nitrogen and oxygen atoms in total. The van der Waals surface area contributed by atoms with Crippen molar-refractivity contribution in [1.29, 1.82) is 0 Å². The van der Waals surface area contributed by atoms with Gasteiger partial charge >= 0.3 is 6.18 Å². The second-order valence-corrected chi connectivity index (χ2v) is 9.00. The molecule has 0 bridgehead atoms. The van der Waals surface area contributed by atoms with Crippen molar-refractivity contribution >= 4 is 51.2 Å². The van der Waals surface area contributed by atoms with E-state index < -0.39 is 22.7 Å². The van der Waals surface area contributed by atoms with Crippen molar-refractivity contribution in [2.24, 2.45) is 5.18 Å². The molecule has 4 rings (SSSR count). The summed E-state index contributed by atoms with van der Waals surface area (Å²) in [7, 11) is 0. The molecule has 0 atom stereocenters. The molecule has 0 aliphatic heterocycles. The van der Waals surface area contributed by atoms with E-state index in [9.17, 15) is 22.9 Å². The van der Waals surface area contributed by atoms with Crippen LogP contribution in [0.25, 0.3) is 0 Å². The van der Waals surface area contributed by atoms with Crippen LogP contribution in [0, 0.1) is 18.8 Å². The maximum absolute atomic E-state index is 12.8. The highest BCUT2D eigenvalue weighted by molar-refractivity contribution is 7.15. The number of alkyl halides is 3. The van der Waals surface area contributed by atoms with Gasteiger partial charge in [-0.2, -0.15) is 13.2 Å². The molecular formula is C24H19ClF3N5O2S. The summed E-state index contributed by atoms with van der Waals surface area (Å²) >= 11 is 7.12. The summed E-state index contributed by atoms with van der Waals surface area (Å²) < 4.78 is 38.4. The fraction of sp³-hybridized carbons (Fsp3) is 0.125. The van der Waals surface area contributed by atoms with Crippen LogP contribution in [-0.4, -0.2) is 15.9 Å². The van der Waals surface area contributed by atoms with Crippen molar-refractivity contribution in [2.75, 3.05) is 10.6 Å². The number of hydrogen-bond donors (Lipinski definition) is 2. The second-order valence-electron chi connectivity index (χ2n) is 7.36. The van der Waals surface area contributed by atoms with Crippen LogP contribution in [0.3, 0.4) is 0 Å². The lowest BCUT2D eigenvalue weighted by Gasteiger charge is -2.11. The molecular weight excluding hydrogens is 515 g/mol. The Morgan fingerprint density at radius 2 is 1.83 bits per heavy atom. The molecule has 0 aliphatic carbocycles. The Kier molecular flexibility index (Phi) is 8.73. The number of aromatic nitrogens is 2. The molecule has 0 saturated heterocycles. The lowest BCUT2D eigenvalue weighted by atomic mass is 10.1. The number of nitroso groups, excluding NO2 is 1. The summed E-state index contributed by atoms with van der Waals surface area (Å²) in [5.41, 5.74) is -0.300. The molecule has 2 aromatic heterocycles. The van der Waals surface area contributed by atoms with E-state index in [1.807, 2.05) is 31.3 Å². The number of aryl methyl sites for hydroxylation is 2. The maximum Gasteiger partial charge on any atom is 0.417 e. The van der Waals surface area contributed by atoms with Crippen molar-refractivity contribution in [3.8, 4) is 0 Å². The number of hydrogen-bond acceptors (Lipinski definition) is 7. The van der Waals surface area contributed by atoms with Crippen molar-refractivity contribution in [3.63, 3.8) is 0 Å². The van der Waals surface area contributed by atoms with E-state index in [-0.39, 0.29) is 16.9 Å². The summed E-state index contributed by atoms with van der Waals surface area (Å²) in [6.07, 6.45) is -1.06. The monoisotopic (exact) mass is 533 g/mol. The quantitative estimate of drug-likeness (QED) is 0.254. The van der Waals surface area contributed by atoms with Crippen LogP contribution >= 0.6 is 22.9 Å². The zero-order valence-electron chi connectivity index (χ0n) is 18.9. The van der Waals surface area contributed by atoms with Gasteiger partial charge in [-0.15, -0.1) is 16.2 Å². The molecule has 186 valence electrons. The first-order valence-electron chi connectivity index (χ1n) is 10.3. The Balaban J connectivity index is 0.000000233. The normalized spacial score (nSPS) is 10.7. The number of benzene rings is 2. The predicted molar refractivity (Wildman–Crippen MR) is 135 cm³/mol. The van der Waals surface area contributed by atoms with E-state index in [2.05, 4.69) is 25.8 Å². The minimum Gasteiger partial charge on any atom is -0.322 e. The van der Waals surface area contributed by atoms with Gasteiger partial charge in [0, 0.05) is 28.5 Å². The smallest absolute Gasteiger partial charge is 0.322 e. The Hall–Kier alpha value is -3.83. The van der Waals surface area contributed by atoms with Gasteiger partial charge in [-0.1, -0.05) is 23.7 Å². The summed E-state index contributed by atoms with van der Waals surface area (Å²) in [4.78, 5) is 32.2. The number of carbonyl (C=O) groups excluding carboxylic acids is 1. The van der Waals surface area contributed by atoms with E-state index >= 15 is 0 Å². The van der Waals surface area contributed by atoms with E-state index in [1.165, 1.54) is 23.1 Å². The van der Waals surface area contributed by atoms with Crippen molar-refractivity contribution in [1.82, 2.24) is 9.97 Å². The minimum absolute atomic E-state index is 0.134. The summed E-state index contributed by atoms with van der Waals surface area (Å²) in [6.45, 7) is 3.69. The van der Waals surface area contributed by atoms with Gasteiger partial charge < -0.3 is 10.6 Å². The lowest BCUT2D eigenvalue weighted by molar-refractivity contribution is -0.137. The van der Waals surface area contributed by atoms with Gasteiger partial charge in [-0.25, -0.2) is 9.97 Å². The molecule has 2 heterocycles. The van der Waals surface area contributed by atoms with Gasteiger partial charge in [0.1, 0.15) is 11.5 Å². The molecule has 4 aromatic rings. The van der Waals surface area contributed by atoms with Gasteiger partial charge in [-0.3, -0.25) is 4.79 Å². The van der Waals surface area contributed by atoms with Crippen LogP contribution in [0.5, 0.6) is 0 Å². The molecule has 36 heavy (non-hydrogen) atoms. The first kappa shape index (κ1) is 26.8. The molecule has 2 aromatic carbocycles. The fourth-order valence-electron chi connectivity index (χ4n) is 2.83. The molecule has 2 N–H and O–H groups in total. The minimum atomic E-state index is -4.66. The number of thiazole rings is 1. The topological polar surface area (TPSA) is 96.3 Å². The van der Waals surface area contributed by atoms with Crippen LogP contribution < -0.4 is 10.6 Å². The molecule has 0 fully saturated rings. The summed E-state index contributed by atoms with van der Waals surface area (Å²) in [6, 6.07) is 13.0. The van der Waals surface area contributed by atoms with Crippen molar-refractivity contribution in [3.05, 3.63) is 98.5 Å². The van der Waals surface area contributed by atoms with Crippen LogP contribution in [-0.2, 0) is 6.18 Å². The fourth-order valence-corrected chi connectivity index (χ4v) is 3.73. The van der Waals surface area contributed by atoms with E-state index in [4.69, 9.17) is 11.6 Å². The van der Waals surface area contributed by atoms with E-state index in [0.717, 1.165) is 17.0 Å². The highest BCUT2D eigenvalue weighted by atomic mass is 35.5. The summed E-state index contributed by atoms with van der Waals surface area (Å²) in [5.74, 6) is 0.0738. The number of nitrogens with one attached hydrogen (secondary N) is 2. The van der Waals surface area contributed by atoms with Gasteiger partial charge in [0.25, 0.3) is 5.91 Å². The van der Waals surface area contributed by atoms with Crippen LogP contribution in [0.2, 0.25) is 5.02 Å². The van der Waals surface area contributed by atoms with Gasteiger partial charge in [-0.05, 0) is 67.1 Å².